The van der Waals surface area contributed by atoms with E-state index in [4.69, 9.17) is 4.74 Å². The van der Waals surface area contributed by atoms with Crippen LogP contribution in [0.25, 0.3) is 0 Å². The van der Waals surface area contributed by atoms with E-state index >= 15 is 0 Å². The highest BCUT2D eigenvalue weighted by Gasteiger charge is 2.17. The maximum Gasteiger partial charge on any atom is 0.338 e. The summed E-state index contributed by atoms with van der Waals surface area (Å²) in [6.45, 7) is 2.75. The molecule has 0 aliphatic carbocycles. The number of nitrogens with one attached hydrogen (secondary N) is 2. The van der Waals surface area contributed by atoms with Gasteiger partial charge in [0.05, 0.1) is 26.6 Å². The van der Waals surface area contributed by atoms with E-state index in [0.29, 0.717) is 0 Å². The third-order valence-electron chi connectivity index (χ3n) is 3.85. The average Bonchev–Trinajstić information content (AvgIpc) is 2.67. The van der Waals surface area contributed by atoms with Crippen molar-refractivity contribution in [3.8, 4) is 0 Å². The first-order valence-corrected chi connectivity index (χ1v) is 9.94. The van der Waals surface area contributed by atoms with Crippen LogP contribution in [-0.4, -0.2) is 38.4 Å². The number of carbonyl (C=O) groups is 2. The largest absolute Gasteiger partial charge is 0.452 e. The van der Waals surface area contributed by atoms with Crippen LogP contribution < -0.4 is 10.0 Å². The predicted molar refractivity (Wildman–Crippen MR) is 104 cm³/mol. The van der Waals surface area contributed by atoms with Crippen molar-refractivity contribution in [2.24, 2.45) is 0 Å². The molecule has 29 heavy (non-hydrogen) atoms. The molecule has 2 aromatic rings. The van der Waals surface area contributed by atoms with Gasteiger partial charge in [0.25, 0.3) is 11.6 Å². The summed E-state index contributed by atoms with van der Waals surface area (Å²) in [5, 5.41) is 13.4. The van der Waals surface area contributed by atoms with E-state index in [9.17, 15) is 28.1 Å². The number of carbonyl (C=O) groups excluding carboxylic acids is 2. The lowest BCUT2D eigenvalue weighted by Crippen LogP contribution is -2.23. The second-order valence-electron chi connectivity index (χ2n) is 5.86. The Morgan fingerprint density at radius 2 is 1.79 bits per heavy atom. The molecule has 0 aliphatic rings. The van der Waals surface area contributed by atoms with Crippen molar-refractivity contribution >= 4 is 33.3 Å². The van der Waals surface area contributed by atoms with Gasteiger partial charge in [-0.1, -0.05) is 13.0 Å². The number of esters is 1. The molecule has 2 aromatic carbocycles. The Kier molecular flexibility index (Phi) is 7.02. The minimum absolute atomic E-state index is 0.00482. The van der Waals surface area contributed by atoms with Gasteiger partial charge in [0.2, 0.25) is 10.0 Å². The number of anilines is 1. The second-order valence-corrected chi connectivity index (χ2v) is 7.62. The molecule has 11 heteroatoms. The highest BCUT2D eigenvalue weighted by molar-refractivity contribution is 7.89. The van der Waals surface area contributed by atoms with E-state index in [0.717, 1.165) is 0 Å². The number of sulfonamides is 1. The molecule has 0 saturated carbocycles. The lowest BCUT2D eigenvalue weighted by Gasteiger charge is -2.09. The topological polar surface area (TPSA) is 145 Å². The summed E-state index contributed by atoms with van der Waals surface area (Å²) in [6, 6.07) is 9.28. The molecule has 154 valence electrons. The van der Waals surface area contributed by atoms with Crippen molar-refractivity contribution in [3.05, 3.63) is 63.7 Å². The van der Waals surface area contributed by atoms with Gasteiger partial charge in [-0.2, -0.15) is 0 Å². The molecule has 0 saturated heterocycles. The maximum atomic E-state index is 12.0. The van der Waals surface area contributed by atoms with Crippen LogP contribution in [0.15, 0.2) is 47.4 Å². The zero-order valence-corrected chi connectivity index (χ0v) is 16.5. The van der Waals surface area contributed by atoms with Crippen LogP contribution in [0.4, 0.5) is 11.4 Å². The first kappa shape index (κ1) is 22.0. The Hall–Kier alpha value is -3.31. The van der Waals surface area contributed by atoms with Gasteiger partial charge in [-0.05, 0) is 37.3 Å². The number of nitrogens with zero attached hydrogens (tertiary/aromatic N) is 1. The van der Waals surface area contributed by atoms with Crippen LogP contribution in [0.3, 0.4) is 0 Å². The minimum Gasteiger partial charge on any atom is -0.452 e. The molecule has 0 atom stereocenters. The molecule has 0 spiro atoms. The zero-order valence-electron chi connectivity index (χ0n) is 15.7. The second kappa shape index (κ2) is 9.26. The Morgan fingerprint density at radius 3 is 2.38 bits per heavy atom. The summed E-state index contributed by atoms with van der Waals surface area (Å²) >= 11 is 0. The molecule has 0 heterocycles. The smallest absolute Gasteiger partial charge is 0.338 e. The fourth-order valence-corrected chi connectivity index (χ4v) is 3.44. The molecule has 0 unspecified atom stereocenters. The van der Waals surface area contributed by atoms with Crippen molar-refractivity contribution < 1.29 is 27.7 Å². The number of hydrogen-bond acceptors (Lipinski definition) is 7. The molecule has 0 aliphatic heterocycles. The summed E-state index contributed by atoms with van der Waals surface area (Å²) in [6.07, 6.45) is 0. The molecule has 2 N–H and O–H groups in total. The van der Waals surface area contributed by atoms with E-state index in [-0.39, 0.29) is 33.9 Å². The van der Waals surface area contributed by atoms with E-state index in [1.807, 2.05) is 0 Å². The Labute approximate surface area is 167 Å². The van der Waals surface area contributed by atoms with Crippen LogP contribution in [0, 0.1) is 17.0 Å². The van der Waals surface area contributed by atoms with E-state index in [2.05, 4.69) is 10.0 Å². The van der Waals surface area contributed by atoms with Gasteiger partial charge in [-0.15, -0.1) is 0 Å². The van der Waals surface area contributed by atoms with E-state index < -0.39 is 33.4 Å². The van der Waals surface area contributed by atoms with Crippen molar-refractivity contribution in [2.75, 3.05) is 18.5 Å². The Balaban J connectivity index is 1.98. The molecular formula is C18H19N3O7S. The number of nitro benzene ring substituents is 1. The van der Waals surface area contributed by atoms with Gasteiger partial charge in [0.1, 0.15) is 0 Å². The summed E-state index contributed by atoms with van der Waals surface area (Å²) < 4.78 is 31.0. The molecular weight excluding hydrogens is 402 g/mol. The Bertz CT molecular complexity index is 1030. The monoisotopic (exact) mass is 421 g/mol. The Morgan fingerprint density at radius 1 is 1.14 bits per heavy atom. The molecule has 0 aromatic heterocycles. The first-order valence-electron chi connectivity index (χ1n) is 8.46. The summed E-state index contributed by atoms with van der Waals surface area (Å²) in [4.78, 5) is 34.4. The standard InChI is InChI=1S/C18H19N3O7S/c1-3-19-29(26,27)14-9-7-13(8-10-14)18(23)28-11-17(22)20-15-5-4-6-16(12(15)2)21(24)25/h4-10,19H,3,11H2,1-2H3,(H,20,22). The minimum atomic E-state index is -3.64. The zero-order chi connectivity index (χ0) is 21.6. The number of ether oxygens (including phenoxy) is 1. The summed E-state index contributed by atoms with van der Waals surface area (Å²) in [7, 11) is -3.64. The SMILES string of the molecule is CCNS(=O)(=O)c1ccc(C(=O)OCC(=O)Nc2cccc([N+](=O)[O-])c2C)cc1. The van der Waals surface area contributed by atoms with E-state index in [1.54, 1.807) is 6.92 Å². The molecule has 0 radical (unpaired) electrons. The van der Waals surface area contributed by atoms with Crippen LogP contribution in [0.1, 0.15) is 22.8 Å². The predicted octanol–water partition coefficient (Wildman–Crippen LogP) is 2.00. The number of amides is 1. The fraction of sp³-hybridized carbons (Fsp3) is 0.222. The van der Waals surface area contributed by atoms with Crippen molar-refractivity contribution in [1.29, 1.82) is 0 Å². The number of hydrogen-bond donors (Lipinski definition) is 2. The van der Waals surface area contributed by atoms with Gasteiger partial charge in [0, 0.05) is 12.6 Å². The quantitative estimate of drug-likeness (QED) is 0.377. The maximum absolute atomic E-state index is 12.0. The average molecular weight is 421 g/mol. The molecule has 0 fully saturated rings. The summed E-state index contributed by atoms with van der Waals surface area (Å²) in [5.41, 5.74) is 0.431. The van der Waals surface area contributed by atoms with Crippen LogP contribution >= 0.6 is 0 Å². The normalized spacial score (nSPS) is 11.0. The van der Waals surface area contributed by atoms with Crippen LogP contribution in [-0.2, 0) is 19.6 Å². The van der Waals surface area contributed by atoms with Gasteiger partial charge < -0.3 is 10.1 Å². The van der Waals surface area contributed by atoms with E-state index in [1.165, 1.54) is 49.4 Å². The first-order chi connectivity index (χ1) is 13.7. The lowest BCUT2D eigenvalue weighted by atomic mass is 10.1. The third-order valence-corrected chi connectivity index (χ3v) is 5.41. The number of benzene rings is 2. The fourth-order valence-electron chi connectivity index (χ4n) is 2.40. The van der Waals surface area contributed by atoms with Crippen LogP contribution in [0.2, 0.25) is 0 Å². The van der Waals surface area contributed by atoms with Gasteiger partial charge >= 0.3 is 5.97 Å². The summed E-state index contributed by atoms with van der Waals surface area (Å²) in [5.74, 6) is -1.49. The van der Waals surface area contributed by atoms with Crippen molar-refractivity contribution in [2.45, 2.75) is 18.7 Å². The van der Waals surface area contributed by atoms with Gasteiger partial charge in [0.15, 0.2) is 6.61 Å². The molecule has 0 bridgehead atoms. The molecule has 2 rings (SSSR count). The van der Waals surface area contributed by atoms with Crippen molar-refractivity contribution in [3.63, 3.8) is 0 Å². The van der Waals surface area contributed by atoms with Crippen LogP contribution in [0.5, 0.6) is 0 Å². The molecule has 10 nitrogen and oxygen atoms in total. The van der Waals surface area contributed by atoms with Gasteiger partial charge in [-0.3, -0.25) is 14.9 Å². The highest BCUT2D eigenvalue weighted by Crippen LogP contribution is 2.24. The lowest BCUT2D eigenvalue weighted by molar-refractivity contribution is -0.385. The highest BCUT2D eigenvalue weighted by atomic mass is 32.2. The van der Waals surface area contributed by atoms with Gasteiger partial charge in [-0.25, -0.2) is 17.9 Å². The third kappa shape index (κ3) is 5.59. The molecule has 1 amide bonds. The number of rotatable bonds is 8. The number of nitro groups is 1. The van der Waals surface area contributed by atoms with Crippen molar-refractivity contribution in [1.82, 2.24) is 4.72 Å².